The summed E-state index contributed by atoms with van der Waals surface area (Å²) in [5.41, 5.74) is 1.02. The second kappa shape index (κ2) is 9.09. The highest BCUT2D eigenvalue weighted by Crippen LogP contribution is 2.24. The number of halogens is 1. The molecule has 0 saturated carbocycles. The Bertz CT molecular complexity index is 1180. The third kappa shape index (κ3) is 4.49. The van der Waals surface area contributed by atoms with Gasteiger partial charge in [-0.3, -0.25) is 14.3 Å². The molecule has 3 aromatic rings. The minimum atomic E-state index is -1.17. The van der Waals surface area contributed by atoms with Gasteiger partial charge >= 0.3 is 5.97 Å². The fourth-order valence-corrected chi connectivity index (χ4v) is 3.23. The van der Waals surface area contributed by atoms with Crippen molar-refractivity contribution in [3.63, 3.8) is 0 Å². The lowest BCUT2D eigenvalue weighted by Gasteiger charge is -2.14. The number of carbonyl (C=O) groups excluding carboxylic acids is 2. The molecule has 0 aliphatic heterocycles. The summed E-state index contributed by atoms with van der Waals surface area (Å²) >= 11 is 5.94. The fourth-order valence-electron chi connectivity index (χ4n) is 3.05. The molecule has 0 fully saturated rings. The molecule has 0 bridgehead atoms. The number of ether oxygens (including phenoxy) is 2. The molecule has 9 heteroatoms. The van der Waals surface area contributed by atoms with E-state index in [0.29, 0.717) is 16.4 Å². The Hall–Kier alpha value is -3.52. The van der Waals surface area contributed by atoms with E-state index in [9.17, 15) is 14.4 Å². The van der Waals surface area contributed by atoms with Gasteiger partial charge in [0, 0.05) is 12.1 Å². The van der Waals surface area contributed by atoms with Crippen LogP contribution >= 0.6 is 11.6 Å². The van der Waals surface area contributed by atoms with Gasteiger partial charge in [0.1, 0.15) is 17.0 Å². The molecule has 3 rings (SSSR count). The van der Waals surface area contributed by atoms with E-state index in [0.717, 1.165) is 0 Å². The molecule has 0 aliphatic carbocycles. The van der Waals surface area contributed by atoms with Gasteiger partial charge in [0.25, 0.3) is 11.5 Å². The maximum absolute atomic E-state index is 12.9. The van der Waals surface area contributed by atoms with Crippen LogP contribution in [0.5, 0.6) is 5.75 Å². The standard InChI is InChI=1S/C22H22ClN3O5/c1-13-19(21(28)26(25(13)3)16-8-6-5-7-9-16)24-20(27)14(2)31-22(29)17-12-15(23)10-11-18(17)30-4/h5-12,14H,1-4H3,(H,24,27). The zero-order chi connectivity index (χ0) is 22.7. The summed E-state index contributed by atoms with van der Waals surface area (Å²) in [6.07, 6.45) is -1.17. The van der Waals surface area contributed by atoms with Gasteiger partial charge in [-0.1, -0.05) is 29.8 Å². The van der Waals surface area contributed by atoms with Gasteiger partial charge in [-0.25, -0.2) is 9.48 Å². The van der Waals surface area contributed by atoms with Crippen molar-refractivity contribution >= 4 is 29.2 Å². The summed E-state index contributed by atoms with van der Waals surface area (Å²) in [4.78, 5) is 38.1. The van der Waals surface area contributed by atoms with Crippen LogP contribution < -0.4 is 15.6 Å². The Morgan fingerprint density at radius 1 is 1.13 bits per heavy atom. The van der Waals surface area contributed by atoms with Crippen molar-refractivity contribution in [2.24, 2.45) is 7.05 Å². The number of carbonyl (C=O) groups is 2. The number of rotatable bonds is 6. The molecule has 1 unspecified atom stereocenters. The van der Waals surface area contributed by atoms with Crippen molar-refractivity contribution in [1.29, 1.82) is 0 Å². The number of esters is 1. The number of nitrogens with zero attached hydrogens (tertiary/aromatic N) is 2. The number of hydrogen-bond acceptors (Lipinski definition) is 5. The molecule has 1 atom stereocenters. The average Bonchev–Trinajstić information content (AvgIpc) is 2.97. The third-order valence-electron chi connectivity index (χ3n) is 4.84. The molecular weight excluding hydrogens is 422 g/mol. The molecule has 1 amide bonds. The molecule has 1 heterocycles. The summed E-state index contributed by atoms with van der Waals surface area (Å²) in [5.74, 6) is -1.14. The van der Waals surface area contributed by atoms with Crippen molar-refractivity contribution in [2.75, 3.05) is 12.4 Å². The van der Waals surface area contributed by atoms with Gasteiger partial charge in [0.2, 0.25) is 0 Å². The number of hydrogen-bond donors (Lipinski definition) is 1. The molecular formula is C22H22ClN3O5. The number of nitrogens with one attached hydrogen (secondary N) is 1. The molecule has 1 aromatic heterocycles. The first-order chi connectivity index (χ1) is 14.7. The van der Waals surface area contributed by atoms with Gasteiger partial charge in [-0.05, 0) is 44.2 Å². The Balaban J connectivity index is 1.80. The fraction of sp³-hybridized carbons (Fsp3) is 0.227. The third-order valence-corrected chi connectivity index (χ3v) is 5.07. The molecule has 2 aromatic carbocycles. The van der Waals surface area contributed by atoms with Crippen molar-refractivity contribution in [2.45, 2.75) is 20.0 Å². The predicted octanol–water partition coefficient (Wildman–Crippen LogP) is 3.33. The van der Waals surface area contributed by atoms with Crippen LogP contribution in [-0.4, -0.2) is 34.5 Å². The van der Waals surface area contributed by atoms with E-state index >= 15 is 0 Å². The van der Waals surface area contributed by atoms with Crippen LogP contribution in [-0.2, 0) is 16.6 Å². The van der Waals surface area contributed by atoms with E-state index in [1.807, 2.05) is 18.2 Å². The average molecular weight is 444 g/mol. The first-order valence-electron chi connectivity index (χ1n) is 9.44. The van der Waals surface area contributed by atoms with Crippen molar-refractivity contribution < 1.29 is 19.1 Å². The smallest absolute Gasteiger partial charge is 0.342 e. The lowest BCUT2D eigenvalue weighted by atomic mass is 10.2. The lowest BCUT2D eigenvalue weighted by molar-refractivity contribution is -0.123. The summed E-state index contributed by atoms with van der Waals surface area (Å²) in [5, 5.41) is 2.90. The molecule has 0 saturated heterocycles. The van der Waals surface area contributed by atoms with Gasteiger partial charge < -0.3 is 14.8 Å². The number of aromatic nitrogens is 2. The van der Waals surface area contributed by atoms with Crippen LogP contribution in [0, 0.1) is 6.92 Å². The Morgan fingerprint density at radius 2 is 1.81 bits per heavy atom. The zero-order valence-electron chi connectivity index (χ0n) is 17.5. The lowest BCUT2D eigenvalue weighted by Crippen LogP contribution is -2.32. The van der Waals surface area contributed by atoms with E-state index < -0.39 is 23.5 Å². The molecule has 0 radical (unpaired) electrons. The normalized spacial score (nSPS) is 11.6. The van der Waals surface area contributed by atoms with Crippen LogP contribution in [0.15, 0.2) is 53.3 Å². The molecule has 31 heavy (non-hydrogen) atoms. The highest BCUT2D eigenvalue weighted by atomic mass is 35.5. The minimum Gasteiger partial charge on any atom is -0.496 e. The van der Waals surface area contributed by atoms with E-state index in [-0.39, 0.29) is 17.0 Å². The largest absolute Gasteiger partial charge is 0.496 e. The second-order valence-corrected chi connectivity index (χ2v) is 7.25. The number of methoxy groups -OCH3 is 1. The van der Waals surface area contributed by atoms with Crippen LogP contribution in [0.4, 0.5) is 5.69 Å². The number of para-hydroxylation sites is 1. The van der Waals surface area contributed by atoms with Crippen molar-refractivity contribution in [3.8, 4) is 11.4 Å². The van der Waals surface area contributed by atoms with Gasteiger partial charge in [-0.15, -0.1) is 0 Å². The van der Waals surface area contributed by atoms with E-state index in [4.69, 9.17) is 21.1 Å². The highest BCUT2D eigenvalue weighted by Gasteiger charge is 2.25. The summed E-state index contributed by atoms with van der Waals surface area (Å²) < 4.78 is 13.5. The van der Waals surface area contributed by atoms with Crippen LogP contribution in [0.1, 0.15) is 23.0 Å². The van der Waals surface area contributed by atoms with E-state index in [2.05, 4.69) is 5.32 Å². The van der Waals surface area contributed by atoms with Crippen LogP contribution in [0.3, 0.4) is 0 Å². The molecule has 0 aliphatic rings. The number of anilines is 1. The molecule has 162 valence electrons. The predicted molar refractivity (Wildman–Crippen MR) is 117 cm³/mol. The van der Waals surface area contributed by atoms with Gasteiger partial charge in [-0.2, -0.15) is 0 Å². The van der Waals surface area contributed by atoms with Crippen molar-refractivity contribution in [3.05, 3.63) is 75.2 Å². The molecule has 8 nitrogen and oxygen atoms in total. The van der Waals surface area contributed by atoms with Gasteiger partial charge in [0.05, 0.1) is 18.5 Å². The Labute approximate surface area is 183 Å². The first kappa shape index (κ1) is 22.2. The second-order valence-electron chi connectivity index (χ2n) is 6.82. The number of benzene rings is 2. The minimum absolute atomic E-state index is 0.0944. The van der Waals surface area contributed by atoms with Gasteiger partial charge in [0.15, 0.2) is 6.10 Å². The summed E-state index contributed by atoms with van der Waals surface area (Å²) in [7, 11) is 3.13. The first-order valence-corrected chi connectivity index (χ1v) is 9.81. The summed E-state index contributed by atoms with van der Waals surface area (Å²) in [6, 6.07) is 13.5. The Morgan fingerprint density at radius 3 is 2.45 bits per heavy atom. The topological polar surface area (TPSA) is 91.6 Å². The van der Waals surface area contributed by atoms with Crippen LogP contribution in [0.25, 0.3) is 5.69 Å². The van der Waals surface area contributed by atoms with Crippen LogP contribution in [0.2, 0.25) is 5.02 Å². The summed E-state index contributed by atoms with van der Waals surface area (Å²) in [6.45, 7) is 3.13. The van der Waals surface area contributed by atoms with E-state index in [1.165, 1.54) is 30.8 Å². The maximum atomic E-state index is 12.9. The highest BCUT2D eigenvalue weighted by molar-refractivity contribution is 6.31. The van der Waals surface area contributed by atoms with E-state index in [1.54, 1.807) is 36.9 Å². The molecule has 1 N–H and O–H groups in total. The zero-order valence-corrected chi connectivity index (χ0v) is 18.3. The quantitative estimate of drug-likeness (QED) is 0.590. The van der Waals surface area contributed by atoms with Crippen molar-refractivity contribution in [1.82, 2.24) is 9.36 Å². The SMILES string of the molecule is COc1ccc(Cl)cc1C(=O)OC(C)C(=O)Nc1c(C)n(C)n(-c2ccccc2)c1=O. The Kier molecular flexibility index (Phi) is 6.50. The number of amides is 1. The molecule has 0 spiro atoms. The monoisotopic (exact) mass is 443 g/mol. The maximum Gasteiger partial charge on any atom is 0.342 e.